The molecule has 0 radical (unpaired) electrons. The highest BCUT2D eigenvalue weighted by Crippen LogP contribution is 2.21. The smallest absolute Gasteiger partial charge is 0.409 e. The fourth-order valence-electron chi connectivity index (χ4n) is 3.40. The Hall–Kier alpha value is -2.57. The highest BCUT2D eigenvalue weighted by molar-refractivity contribution is 6.02. The molecule has 0 bridgehead atoms. The fraction of sp³-hybridized carbons (Fsp3) is 0.571. The van der Waals surface area contributed by atoms with E-state index in [2.05, 4.69) is 10.6 Å². The van der Waals surface area contributed by atoms with Crippen molar-refractivity contribution in [1.82, 2.24) is 4.90 Å². The average Bonchev–Trinajstić information content (AvgIpc) is 2.66. The van der Waals surface area contributed by atoms with Crippen molar-refractivity contribution in [3.63, 3.8) is 0 Å². The number of imide groups is 1. The Morgan fingerprint density at radius 2 is 1.54 bits per heavy atom. The molecule has 1 aliphatic rings. The quantitative estimate of drug-likeness (QED) is 0.634. The monoisotopic (exact) mass is 389 g/mol. The van der Waals surface area contributed by atoms with Gasteiger partial charge < -0.3 is 10.4 Å². The van der Waals surface area contributed by atoms with Crippen LogP contribution in [0.25, 0.3) is 0 Å². The maximum absolute atomic E-state index is 12.8. The number of aryl methyl sites for hydroxylation is 1. The van der Waals surface area contributed by atoms with E-state index < -0.39 is 12.1 Å². The number of hydrogen-bond acceptors (Lipinski definition) is 3. The van der Waals surface area contributed by atoms with Crippen molar-refractivity contribution in [2.24, 2.45) is 0 Å². The molecular formula is C21H31N3O4. The summed E-state index contributed by atoms with van der Waals surface area (Å²) in [6.45, 7) is 2.23. The fourth-order valence-corrected chi connectivity index (χ4v) is 3.40. The van der Waals surface area contributed by atoms with E-state index in [9.17, 15) is 14.4 Å². The molecule has 1 aromatic carbocycles. The summed E-state index contributed by atoms with van der Waals surface area (Å²) in [4.78, 5) is 37.6. The minimum absolute atomic E-state index is 0.144. The maximum atomic E-state index is 12.8. The summed E-state index contributed by atoms with van der Waals surface area (Å²) in [5, 5.41) is 13.9. The minimum atomic E-state index is -1.17. The van der Waals surface area contributed by atoms with E-state index >= 15 is 0 Å². The van der Waals surface area contributed by atoms with Crippen LogP contribution in [0.3, 0.4) is 0 Å². The average molecular weight is 389 g/mol. The number of carbonyl (C=O) groups excluding carboxylic acids is 2. The first-order chi connectivity index (χ1) is 13.5. The molecular weight excluding hydrogens is 358 g/mol. The van der Waals surface area contributed by atoms with Crippen molar-refractivity contribution >= 4 is 29.4 Å². The van der Waals surface area contributed by atoms with E-state index in [4.69, 9.17) is 5.11 Å². The maximum Gasteiger partial charge on any atom is 0.409 e. The Morgan fingerprint density at radius 1 is 0.929 bits per heavy atom. The van der Waals surface area contributed by atoms with Crippen LogP contribution in [0.4, 0.5) is 21.0 Å². The lowest BCUT2D eigenvalue weighted by Gasteiger charge is -2.22. The molecule has 4 amide bonds. The van der Waals surface area contributed by atoms with Gasteiger partial charge in [-0.05, 0) is 37.5 Å². The molecule has 3 N–H and O–H groups in total. The number of benzene rings is 1. The summed E-state index contributed by atoms with van der Waals surface area (Å²) >= 11 is 0. The van der Waals surface area contributed by atoms with Gasteiger partial charge in [-0.1, -0.05) is 51.0 Å². The van der Waals surface area contributed by atoms with Gasteiger partial charge in [0.25, 0.3) is 0 Å². The van der Waals surface area contributed by atoms with Gasteiger partial charge in [-0.15, -0.1) is 0 Å². The number of hydrogen-bond donors (Lipinski definition) is 3. The van der Waals surface area contributed by atoms with E-state index in [1.807, 2.05) is 6.92 Å². The van der Waals surface area contributed by atoms with Crippen molar-refractivity contribution in [2.45, 2.75) is 71.1 Å². The molecule has 2 rings (SSSR count). The molecule has 1 aliphatic heterocycles. The molecule has 154 valence electrons. The predicted octanol–water partition coefficient (Wildman–Crippen LogP) is 5.36. The highest BCUT2D eigenvalue weighted by atomic mass is 16.4. The van der Waals surface area contributed by atoms with Crippen LogP contribution >= 0.6 is 0 Å². The molecule has 1 aromatic rings. The van der Waals surface area contributed by atoms with Crippen molar-refractivity contribution in [3.05, 3.63) is 23.8 Å². The van der Waals surface area contributed by atoms with Crippen LogP contribution in [0.5, 0.6) is 0 Å². The largest absolute Gasteiger partial charge is 0.465 e. The van der Waals surface area contributed by atoms with E-state index in [0.717, 1.165) is 44.1 Å². The van der Waals surface area contributed by atoms with Gasteiger partial charge in [0.1, 0.15) is 0 Å². The van der Waals surface area contributed by atoms with Gasteiger partial charge in [0, 0.05) is 24.3 Å². The number of rotatable bonds is 2. The van der Waals surface area contributed by atoms with Crippen LogP contribution in [0.15, 0.2) is 18.2 Å². The summed E-state index contributed by atoms with van der Waals surface area (Å²) < 4.78 is 0. The van der Waals surface area contributed by atoms with Gasteiger partial charge in [-0.25, -0.2) is 9.59 Å². The van der Waals surface area contributed by atoms with Gasteiger partial charge in [0.15, 0.2) is 0 Å². The molecule has 1 heterocycles. The number of amides is 4. The molecule has 0 unspecified atom stereocenters. The molecule has 0 spiro atoms. The number of anilines is 2. The molecule has 0 saturated carbocycles. The number of nitrogens with one attached hydrogen (secondary N) is 2. The van der Waals surface area contributed by atoms with Gasteiger partial charge >= 0.3 is 12.1 Å². The molecule has 0 aromatic heterocycles. The molecule has 7 nitrogen and oxygen atoms in total. The van der Waals surface area contributed by atoms with Crippen molar-refractivity contribution in [3.8, 4) is 0 Å². The Balaban J connectivity index is 2.07. The van der Waals surface area contributed by atoms with Crippen molar-refractivity contribution < 1.29 is 19.5 Å². The third-order valence-corrected chi connectivity index (χ3v) is 5.05. The second-order valence-corrected chi connectivity index (χ2v) is 7.37. The third-order valence-electron chi connectivity index (χ3n) is 5.05. The second kappa shape index (κ2) is 11.3. The zero-order valence-corrected chi connectivity index (χ0v) is 16.6. The summed E-state index contributed by atoms with van der Waals surface area (Å²) in [6.07, 6.45) is 8.80. The Labute approximate surface area is 166 Å². The van der Waals surface area contributed by atoms with Crippen LogP contribution in [0.1, 0.15) is 69.8 Å². The van der Waals surface area contributed by atoms with Gasteiger partial charge in [-0.3, -0.25) is 15.0 Å². The van der Waals surface area contributed by atoms with E-state index in [0.29, 0.717) is 24.3 Å². The van der Waals surface area contributed by atoms with Crippen LogP contribution in [0, 0.1) is 6.92 Å². The lowest BCUT2D eigenvalue weighted by atomic mass is 10.1. The van der Waals surface area contributed by atoms with Crippen molar-refractivity contribution in [1.29, 1.82) is 0 Å². The molecule has 0 atom stereocenters. The number of carbonyl (C=O) groups is 3. The normalized spacial score (nSPS) is 17.0. The summed E-state index contributed by atoms with van der Waals surface area (Å²) in [5.74, 6) is -0.144. The van der Waals surface area contributed by atoms with Crippen molar-refractivity contribution in [2.75, 3.05) is 17.2 Å². The zero-order valence-electron chi connectivity index (χ0n) is 16.6. The zero-order chi connectivity index (χ0) is 20.4. The predicted molar refractivity (Wildman–Crippen MR) is 110 cm³/mol. The topological polar surface area (TPSA) is 98.7 Å². The number of carboxylic acid groups (broad SMARTS) is 1. The van der Waals surface area contributed by atoms with Gasteiger partial charge in [0.2, 0.25) is 5.91 Å². The van der Waals surface area contributed by atoms with E-state index in [1.54, 1.807) is 18.2 Å². The molecule has 0 aliphatic carbocycles. The Morgan fingerprint density at radius 3 is 2.18 bits per heavy atom. The summed E-state index contributed by atoms with van der Waals surface area (Å²) in [5.41, 5.74) is 1.65. The summed E-state index contributed by atoms with van der Waals surface area (Å²) in [7, 11) is 0. The lowest BCUT2D eigenvalue weighted by Crippen LogP contribution is -2.40. The lowest BCUT2D eigenvalue weighted by molar-refractivity contribution is -0.128. The highest BCUT2D eigenvalue weighted by Gasteiger charge is 2.21. The number of urea groups is 1. The summed E-state index contributed by atoms with van der Waals surface area (Å²) in [6, 6.07) is 4.47. The van der Waals surface area contributed by atoms with Crippen LogP contribution < -0.4 is 10.6 Å². The molecule has 28 heavy (non-hydrogen) atoms. The van der Waals surface area contributed by atoms with Crippen LogP contribution in [-0.2, 0) is 4.79 Å². The van der Waals surface area contributed by atoms with Gasteiger partial charge in [0.05, 0.1) is 0 Å². The molecule has 7 heteroatoms. The molecule has 1 saturated heterocycles. The molecule has 1 fully saturated rings. The third kappa shape index (κ3) is 7.21. The second-order valence-electron chi connectivity index (χ2n) is 7.37. The minimum Gasteiger partial charge on any atom is -0.465 e. The Kier molecular flexibility index (Phi) is 8.78. The van der Waals surface area contributed by atoms with E-state index in [-0.39, 0.29) is 5.91 Å². The van der Waals surface area contributed by atoms with Crippen LogP contribution in [-0.4, -0.2) is 34.6 Å². The Bertz CT molecular complexity index is 690. The SMILES string of the molecule is Cc1ccc(NC(=O)O)cc1NC(=O)N1CCCCCCCCCCCC1=O. The van der Waals surface area contributed by atoms with Crippen LogP contribution in [0.2, 0.25) is 0 Å². The number of nitrogens with zero attached hydrogens (tertiary/aromatic N) is 1. The standard InChI is InChI=1S/C21H31N3O4/c1-16-12-13-17(22-21(27)28)15-18(16)23-20(26)24-14-10-8-6-4-2-3-5-7-9-11-19(24)25/h12-13,15,22H,2-11,14H2,1H3,(H,23,26)(H,27,28). The first-order valence-electron chi connectivity index (χ1n) is 10.2. The van der Waals surface area contributed by atoms with Gasteiger partial charge in [-0.2, -0.15) is 0 Å². The first-order valence-corrected chi connectivity index (χ1v) is 10.2. The first kappa shape index (κ1) is 21.7. The van der Waals surface area contributed by atoms with E-state index in [1.165, 1.54) is 24.2 Å².